The molecule has 0 saturated carbocycles. The lowest BCUT2D eigenvalue weighted by molar-refractivity contribution is -0.137. The summed E-state index contributed by atoms with van der Waals surface area (Å²) in [4.78, 5) is 104. The first-order valence-corrected chi connectivity index (χ1v) is 22.8. The normalized spacial score (nSPS) is 19.1. The Morgan fingerprint density at radius 3 is 2.47 bits per heavy atom. The number of benzene rings is 3. The highest BCUT2D eigenvalue weighted by Gasteiger charge is 2.37. The number of imide groups is 2. The minimum Gasteiger partial charge on any atom is -0.494 e. The fourth-order valence-electron chi connectivity index (χ4n) is 9.25. The third-order valence-electron chi connectivity index (χ3n) is 12.7. The number of nitrogens with zero attached hydrogens (tertiary/aromatic N) is 5. The largest absolute Gasteiger partial charge is 0.494 e. The molecule has 3 fully saturated rings. The molecule has 6 amide bonds. The molecular weight excluding hydrogens is 901 g/mol. The Morgan fingerprint density at radius 1 is 0.971 bits per heavy atom. The van der Waals surface area contributed by atoms with Gasteiger partial charge in [0.15, 0.2) is 0 Å². The number of halogens is 2. The summed E-state index contributed by atoms with van der Waals surface area (Å²) in [6.45, 7) is 6.21. The Kier molecular flexibility index (Phi) is 14.7. The average Bonchev–Trinajstić information content (AvgIpc) is 3.62. The van der Waals surface area contributed by atoms with Crippen molar-refractivity contribution in [2.75, 3.05) is 68.9 Å². The summed E-state index contributed by atoms with van der Waals surface area (Å²) in [6.07, 6.45) is 6.73. The molecule has 3 aromatic carbocycles. The maximum atomic E-state index is 13.9. The molecule has 8 rings (SSSR count). The van der Waals surface area contributed by atoms with Gasteiger partial charge < -0.3 is 30.4 Å². The lowest BCUT2D eigenvalue weighted by Crippen LogP contribution is -2.58. The molecule has 4 aliphatic heterocycles. The number of anilines is 4. The number of ether oxygens (including phenoxy) is 1. The lowest BCUT2D eigenvalue weighted by Gasteiger charge is -2.43. The molecule has 0 aliphatic carbocycles. The van der Waals surface area contributed by atoms with Gasteiger partial charge in [-0.15, -0.1) is 0 Å². The number of rotatable bonds is 16. The zero-order chi connectivity index (χ0) is 48.1. The molecule has 3 unspecified atom stereocenters. The van der Waals surface area contributed by atoms with Crippen LogP contribution in [-0.2, 0) is 24.0 Å². The number of hydrogen-bond acceptors (Lipinski definition) is 15. The van der Waals surface area contributed by atoms with Crippen LogP contribution in [-0.4, -0.2) is 138 Å². The van der Waals surface area contributed by atoms with Gasteiger partial charge in [-0.25, -0.2) is 14.4 Å². The Bertz CT molecular complexity index is 2690. The number of aromatic nitrogens is 2. The van der Waals surface area contributed by atoms with E-state index in [1.807, 2.05) is 6.08 Å². The molecule has 356 valence electrons. The maximum Gasteiger partial charge on any atom is 0.261 e. The number of carbonyl (C=O) groups excluding carboxylic acids is 7. The minimum atomic E-state index is -0.889. The van der Waals surface area contributed by atoms with Crippen LogP contribution in [0.25, 0.3) is 10.9 Å². The summed E-state index contributed by atoms with van der Waals surface area (Å²) in [5, 5.41) is 17.6. The lowest BCUT2D eigenvalue weighted by atomic mass is 9.87. The molecule has 4 aliphatic rings. The zero-order valence-corrected chi connectivity index (χ0v) is 38.2. The van der Waals surface area contributed by atoms with Crippen molar-refractivity contribution in [3.05, 3.63) is 88.5 Å². The van der Waals surface area contributed by atoms with E-state index >= 15 is 0 Å². The Labute approximate surface area is 395 Å². The van der Waals surface area contributed by atoms with Gasteiger partial charge in [0, 0.05) is 74.8 Å². The first-order chi connectivity index (χ1) is 32.8. The van der Waals surface area contributed by atoms with Crippen LogP contribution < -0.4 is 36.6 Å². The second kappa shape index (κ2) is 21.0. The molecule has 3 saturated heterocycles. The number of fused-ring (bicyclic) bond motifs is 2. The van der Waals surface area contributed by atoms with Gasteiger partial charge in [0.2, 0.25) is 23.6 Å². The van der Waals surface area contributed by atoms with Gasteiger partial charge in [-0.3, -0.25) is 54.5 Å². The third-order valence-corrected chi connectivity index (χ3v) is 13.0. The number of methoxy groups -OCH3 is 1. The number of nitrogens with one attached hydrogen (secondary N) is 6. The van der Waals surface area contributed by atoms with Crippen LogP contribution in [0, 0.1) is 5.82 Å². The first-order valence-electron chi connectivity index (χ1n) is 22.4. The summed E-state index contributed by atoms with van der Waals surface area (Å²) in [7, 11) is 1.50. The summed E-state index contributed by atoms with van der Waals surface area (Å²) in [6, 6.07) is 10.2. The summed E-state index contributed by atoms with van der Waals surface area (Å²) in [5.74, 6) is -3.15. The highest BCUT2D eigenvalue weighted by atomic mass is 35.5. The van der Waals surface area contributed by atoms with Crippen molar-refractivity contribution in [3.63, 3.8) is 0 Å². The first kappa shape index (κ1) is 47.6. The fraction of sp³-hybridized carbons (Fsp3) is 0.383. The molecule has 68 heavy (non-hydrogen) atoms. The van der Waals surface area contributed by atoms with E-state index in [0.29, 0.717) is 84.5 Å². The van der Waals surface area contributed by atoms with Crippen LogP contribution >= 0.6 is 11.6 Å². The van der Waals surface area contributed by atoms with Crippen LogP contribution in [0.3, 0.4) is 0 Å². The second-order valence-electron chi connectivity index (χ2n) is 17.1. The highest BCUT2D eigenvalue weighted by molar-refractivity contribution is 6.31. The summed E-state index contributed by atoms with van der Waals surface area (Å²) >= 11 is 5.97. The van der Waals surface area contributed by atoms with Gasteiger partial charge in [0.1, 0.15) is 30.0 Å². The molecule has 0 bridgehead atoms. The van der Waals surface area contributed by atoms with Crippen molar-refractivity contribution in [1.29, 1.82) is 0 Å². The fourth-order valence-corrected chi connectivity index (χ4v) is 9.43. The average molecular weight is 952 g/mol. The van der Waals surface area contributed by atoms with Crippen LogP contribution in [0.2, 0.25) is 5.02 Å². The monoisotopic (exact) mass is 951 g/mol. The molecule has 21 heteroatoms. The van der Waals surface area contributed by atoms with Crippen molar-refractivity contribution < 1.29 is 42.7 Å². The summed E-state index contributed by atoms with van der Waals surface area (Å²) < 4.78 is 19.3. The number of likely N-dealkylation sites (tertiary alicyclic amines) is 1. The zero-order valence-electron chi connectivity index (χ0n) is 37.4. The van der Waals surface area contributed by atoms with Gasteiger partial charge in [0.05, 0.1) is 58.3 Å². The number of piperidine rings is 2. The van der Waals surface area contributed by atoms with Gasteiger partial charge in [-0.1, -0.05) is 23.7 Å². The van der Waals surface area contributed by atoms with Crippen molar-refractivity contribution in [1.82, 2.24) is 40.6 Å². The number of amides is 6. The maximum absolute atomic E-state index is 13.9. The Morgan fingerprint density at radius 2 is 1.75 bits per heavy atom. The van der Waals surface area contributed by atoms with E-state index in [-0.39, 0.29) is 52.9 Å². The van der Waals surface area contributed by atoms with Gasteiger partial charge in [0.25, 0.3) is 11.8 Å². The standard InChI is InChI=1S/C47H51ClFN11O8/c1-26(53-42-29(30-8-10-40(63)56-44(30)64)6-7-31-41(42)46(66)57-45(31)65)52-35(13-21-61)47(67)60-19-17-59(18-20-60)28-11-15-58(16-12-28)14-3-4-39(62)55-37-23-32-36(24-38(37)68-2)50-25-51-43(32)54-27-5-9-34(49)33(48)22-27/h3-7,9,21-26,28,30,35,52-53H,8,10-20H2,1-2H3,(H,55,62)(H,50,51,54)(H,56,63,64)(H,57,65,66)/b4-3+. The molecule has 5 heterocycles. The predicted molar refractivity (Wildman–Crippen MR) is 250 cm³/mol. The Hall–Kier alpha value is -6.87. The van der Waals surface area contributed by atoms with Crippen LogP contribution in [0.15, 0.2) is 60.9 Å². The van der Waals surface area contributed by atoms with Crippen molar-refractivity contribution in [2.24, 2.45) is 0 Å². The Balaban J connectivity index is 0.812. The third kappa shape index (κ3) is 10.6. The smallest absolute Gasteiger partial charge is 0.261 e. The van der Waals surface area contributed by atoms with Crippen LogP contribution in [0.5, 0.6) is 5.75 Å². The molecule has 1 aromatic heterocycles. The summed E-state index contributed by atoms with van der Waals surface area (Å²) in [5.41, 5.74) is 2.39. The second-order valence-corrected chi connectivity index (χ2v) is 17.5. The van der Waals surface area contributed by atoms with Gasteiger partial charge >= 0.3 is 0 Å². The van der Waals surface area contributed by atoms with Crippen molar-refractivity contribution >= 4 is 87.1 Å². The molecule has 0 radical (unpaired) electrons. The highest BCUT2D eigenvalue weighted by Crippen LogP contribution is 2.37. The van der Waals surface area contributed by atoms with E-state index in [1.54, 1.807) is 30.0 Å². The predicted octanol–water partition coefficient (Wildman–Crippen LogP) is 3.69. The van der Waals surface area contributed by atoms with E-state index in [9.17, 15) is 38.0 Å². The van der Waals surface area contributed by atoms with E-state index in [0.717, 1.165) is 25.9 Å². The topological polar surface area (TPSA) is 236 Å². The van der Waals surface area contributed by atoms with E-state index in [1.165, 1.54) is 43.8 Å². The molecule has 19 nitrogen and oxygen atoms in total. The van der Waals surface area contributed by atoms with E-state index < -0.39 is 47.6 Å². The SMILES string of the molecule is COc1cc2ncnc(Nc3ccc(F)c(Cl)c3)c2cc1NC(=O)/C=C/CN1CCC(N2CCN(C(=O)C(CC=O)NC(C)Nc3c(C4CCC(=O)NC4=O)ccc4c3C(=O)NC4=O)CC2)CC1. The molecule has 4 aromatic rings. The number of aldehydes is 1. The number of carbonyl (C=O) groups is 7. The quantitative estimate of drug-likeness (QED) is 0.0407. The van der Waals surface area contributed by atoms with E-state index in [4.69, 9.17) is 16.3 Å². The van der Waals surface area contributed by atoms with Gasteiger partial charge in [-0.05, 0) is 75.2 Å². The number of hydrogen-bond donors (Lipinski definition) is 6. The molecule has 6 N–H and O–H groups in total. The number of piperazine rings is 1. The minimum absolute atomic E-state index is 0.0394. The molecule has 0 spiro atoms. The molecule has 3 atom stereocenters. The molecular formula is C47H51ClFN11O8. The van der Waals surface area contributed by atoms with Crippen LogP contribution in [0.1, 0.15) is 71.2 Å². The van der Waals surface area contributed by atoms with Gasteiger partial charge in [-0.2, -0.15) is 0 Å². The van der Waals surface area contributed by atoms with Crippen LogP contribution in [0.4, 0.5) is 27.3 Å². The van der Waals surface area contributed by atoms with Crippen molar-refractivity contribution in [3.8, 4) is 5.75 Å². The van der Waals surface area contributed by atoms with Crippen molar-refractivity contribution in [2.45, 2.75) is 63.2 Å². The van der Waals surface area contributed by atoms with E-state index in [2.05, 4.69) is 51.7 Å².